The highest BCUT2D eigenvalue weighted by Crippen LogP contribution is 2.62. The molecule has 1 spiro atoms. The average molecular weight is 740 g/mol. The van der Waals surface area contributed by atoms with Crippen LogP contribution in [0.3, 0.4) is 0 Å². The van der Waals surface area contributed by atoms with Crippen molar-refractivity contribution in [3.8, 4) is 33.8 Å². The quantitative estimate of drug-likeness (QED) is 0.165. The first-order valence-corrected chi connectivity index (χ1v) is 20.6. The van der Waals surface area contributed by atoms with Crippen LogP contribution in [0.5, 0.6) is 11.5 Å². The van der Waals surface area contributed by atoms with Crippen molar-refractivity contribution in [3.05, 3.63) is 233 Å². The fourth-order valence-corrected chi connectivity index (χ4v) is 11.1. The number of pyridine rings is 1. The molecular formula is C56H37NO. The lowest BCUT2D eigenvalue weighted by Crippen LogP contribution is -2.32. The Morgan fingerprint density at radius 1 is 0.466 bits per heavy atom. The Balaban J connectivity index is 0.985. The Kier molecular flexibility index (Phi) is 6.64. The van der Waals surface area contributed by atoms with Gasteiger partial charge in [0, 0.05) is 33.7 Å². The van der Waals surface area contributed by atoms with Gasteiger partial charge in [0.15, 0.2) is 0 Å². The molecule has 4 aliphatic carbocycles. The number of benzene rings is 7. The van der Waals surface area contributed by atoms with Gasteiger partial charge in [-0.2, -0.15) is 0 Å². The van der Waals surface area contributed by atoms with Crippen molar-refractivity contribution in [1.29, 1.82) is 0 Å². The number of hydrogen-bond acceptors (Lipinski definition) is 2. The summed E-state index contributed by atoms with van der Waals surface area (Å²) < 4.78 is 6.97. The van der Waals surface area contributed by atoms with Crippen LogP contribution in [0.1, 0.15) is 69.3 Å². The molecule has 58 heavy (non-hydrogen) atoms. The first-order valence-electron chi connectivity index (χ1n) is 20.6. The monoisotopic (exact) mass is 739 g/mol. The molecule has 0 bridgehead atoms. The lowest BCUT2D eigenvalue weighted by molar-refractivity contribution is 0.437. The van der Waals surface area contributed by atoms with Crippen LogP contribution in [0.15, 0.2) is 188 Å². The van der Waals surface area contributed by atoms with Crippen LogP contribution >= 0.6 is 0 Å². The minimum atomic E-state index is -0.515. The summed E-state index contributed by atoms with van der Waals surface area (Å²) >= 11 is 0. The molecule has 0 fully saturated rings. The first-order chi connectivity index (χ1) is 28.8. The van der Waals surface area contributed by atoms with E-state index in [4.69, 9.17) is 9.72 Å². The van der Waals surface area contributed by atoms with Crippen molar-refractivity contribution < 1.29 is 4.74 Å². The van der Waals surface area contributed by atoms with E-state index in [1.807, 2.05) is 0 Å². The van der Waals surface area contributed by atoms with Gasteiger partial charge >= 0.3 is 0 Å². The van der Waals surface area contributed by atoms with Crippen molar-refractivity contribution in [2.75, 3.05) is 0 Å². The third-order valence-corrected chi connectivity index (χ3v) is 13.6. The zero-order chi connectivity index (χ0) is 38.0. The molecule has 0 N–H and O–H groups in total. The van der Waals surface area contributed by atoms with Crippen molar-refractivity contribution >= 4 is 32.8 Å². The van der Waals surface area contributed by atoms with Crippen LogP contribution in [0, 0.1) is 0 Å². The number of ether oxygens (including phenoxy) is 1. The number of rotatable bonds is 2. The van der Waals surface area contributed by atoms with E-state index in [0.29, 0.717) is 11.8 Å². The molecule has 1 aliphatic heterocycles. The van der Waals surface area contributed by atoms with Crippen LogP contribution in [0.4, 0.5) is 0 Å². The van der Waals surface area contributed by atoms with E-state index in [9.17, 15) is 0 Å². The third kappa shape index (κ3) is 4.30. The van der Waals surface area contributed by atoms with Crippen molar-refractivity contribution in [1.82, 2.24) is 4.98 Å². The fourth-order valence-electron chi connectivity index (χ4n) is 11.1. The summed E-state index contributed by atoms with van der Waals surface area (Å²) in [5, 5.41) is 3.49. The third-order valence-electron chi connectivity index (χ3n) is 13.6. The van der Waals surface area contributed by atoms with Crippen molar-refractivity contribution in [2.45, 2.75) is 30.1 Å². The summed E-state index contributed by atoms with van der Waals surface area (Å²) in [7, 11) is 0. The minimum Gasteiger partial charge on any atom is -0.457 e. The van der Waals surface area contributed by atoms with Crippen molar-refractivity contribution in [3.63, 3.8) is 0 Å². The topological polar surface area (TPSA) is 22.1 Å². The zero-order valence-electron chi connectivity index (χ0n) is 31.8. The summed E-state index contributed by atoms with van der Waals surface area (Å²) in [5.41, 5.74) is 18.6. The van der Waals surface area contributed by atoms with E-state index in [1.165, 1.54) is 77.7 Å². The Bertz CT molecular complexity index is 3180. The number of aromatic nitrogens is 1. The molecule has 7 aromatic carbocycles. The molecule has 2 atom stereocenters. The number of fused-ring (bicyclic) bond motifs is 18. The predicted molar refractivity (Wildman–Crippen MR) is 237 cm³/mol. The first kappa shape index (κ1) is 32.1. The molecule has 0 saturated carbocycles. The predicted octanol–water partition coefficient (Wildman–Crippen LogP) is 14.1. The van der Waals surface area contributed by atoms with E-state index in [2.05, 4.69) is 188 Å². The molecule has 0 radical (unpaired) electrons. The molecule has 2 heteroatoms. The maximum Gasteiger partial charge on any atom is 0.132 e. The second-order valence-corrected chi connectivity index (χ2v) is 16.4. The highest BCUT2D eigenvalue weighted by Gasteiger charge is 2.51. The van der Waals surface area contributed by atoms with Gasteiger partial charge in [-0.15, -0.1) is 0 Å². The largest absolute Gasteiger partial charge is 0.457 e. The molecule has 2 nitrogen and oxygen atoms in total. The van der Waals surface area contributed by atoms with E-state index >= 15 is 0 Å². The second-order valence-electron chi connectivity index (χ2n) is 16.4. The van der Waals surface area contributed by atoms with Gasteiger partial charge in [0.05, 0.1) is 16.6 Å². The van der Waals surface area contributed by atoms with Gasteiger partial charge < -0.3 is 4.74 Å². The van der Waals surface area contributed by atoms with Crippen LogP contribution in [-0.2, 0) is 5.41 Å². The summed E-state index contributed by atoms with van der Waals surface area (Å²) in [4.78, 5) is 5.44. The summed E-state index contributed by atoms with van der Waals surface area (Å²) in [6, 6.07) is 56.0. The lowest BCUT2D eigenvalue weighted by Gasteiger charge is -2.39. The molecule has 8 aromatic rings. The maximum atomic E-state index is 6.97. The van der Waals surface area contributed by atoms with Gasteiger partial charge in [-0.25, -0.2) is 4.98 Å². The molecule has 0 amide bonds. The van der Waals surface area contributed by atoms with Gasteiger partial charge in [0.2, 0.25) is 0 Å². The Morgan fingerprint density at radius 3 is 1.90 bits per heavy atom. The Morgan fingerprint density at radius 2 is 1.10 bits per heavy atom. The molecule has 1 aromatic heterocycles. The smallest absolute Gasteiger partial charge is 0.132 e. The normalized spacial score (nSPS) is 18.6. The Labute approximate surface area is 337 Å². The van der Waals surface area contributed by atoms with Crippen LogP contribution in [0.25, 0.3) is 55.1 Å². The summed E-state index contributed by atoms with van der Waals surface area (Å²) in [6.07, 6.45) is 15.7. The van der Waals surface area contributed by atoms with Gasteiger partial charge in [-0.3, -0.25) is 0 Å². The van der Waals surface area contributed by atoms with Gasteiger partial charge in [-0.05, 0) is 104 Å². The van der Waals surface area contributed by atoms with E-state index < -0.39 is 5.41 Å². The molecule has 0 saturated heterocycles. The second kappa shape index (κ2) is 12.0. The minimum absolute atomic E-state index is 0.351. The highest BCUT2D eigenvalue weighted by molar-refractivity contribution is 6.11. The van der Waals surface area contributed by atoms with Crippen LogP contribution in [-0.4, -0.2) is 4.98 Å². The number of allylic oxidation sites excluding steroid dienone is 8. The molecule has 2 heterocycles. The van der Waals surface area contributed by atoms with Crippen molar-refractivity contribution in [2.24, 2.45) is 0 Å². The summed E-state index contributed by atoms with van der Waals surface area (Å²) in [6.45, 7) is 0. The fraction of sp³-hybridized carbons (Fsp3) is 0.0893. The number of nitrogens with zero attached hydrogens (tertiary/aromatic N) is 1. The lowest BCUT2D eigenvalue weighted by atomic mass is 9.65. The molecule has 13 rings (SSSR count). The average Bonchev–Trinajstić information content (AvgIpc) is 3.59. The maximum absolute atomic E-state index is 6.97. The van der Waals surface area contributed by atoms with Gasteiger partial charge in [-0.1, -0.05) is 164 Å². The zero-order valence-corrected chi connectivity index (χ0v) is 31.8. The van der Waals surface area contributed by atoms with E-state index in [0.717, 1.165) is 46.3 Å². The van der Waals surface area contributed by atoms with E-state index in [-0.39, 0.29) is 0 Å². The standard InChI is InChI=1S/C56H37NO/c1-2-15-39-37(13-1)38-14-3-4-16-40(38)45-31-36(29-30-41(39)45)34-25-27-35(28-26-34)55-47-33-54-51(32-46(47)44-19-7-11-23-52(44)57-55)56(50-22-10-12-24-53(50)58-54)48-20-8-5-17-42(48)43-18-6-9-21-49(43)56/h1-25,27,29-33,38,40H,26,28H2. The molecule has 2 unspecified atom stereocenters. The van der Waals surface area contributed by atoms with Crippen LogP contribution in [0.2, 0.25) is 0 Å². The Hall–Kier alpha value is -7.03. The van der Waals surface area contributed by atoms with Gasteiger partial charge in [0.25, 0.3) is 0 Å². The summed E-state index contributed by atoms with van der Waals surface area (Å²) in [5.74, 6) is 2.52. The SMILES string of the molecule is C1=CC2c3ccccc3-c3ccc(C4=CC=C(c5nc6ccccc6c6cc7c(cc56)Oc5ccccc5C75c6ccccc6-c6ccccc65)CC4)cc3C2C=C1. The van der Waals surface area contributed by atoms with Crippen LogP contribution < -0.4 is 4.74 Å². The van der Waals surface area contributed by atoms with E-state index in [1.54, 1.807) is 0 Å². The van der Waals surface area contributed by atoms with Gasteiger partial charge in [0.1, 0.15) is 11.5 Å². The highest BCUT2D eigenvalue weighted by atomic mass is 16.5. The molecule has 272 valence electrons. The number of hydrogen-bond donors (Lipinski definition) is 0. The molecular weight excluding hydrogens is 703 g/mol. The number of para-hydroxylation sites is 2. The molecule has 5 aliphatic rings.